The van der Waals surface area contributed by atoms with Crippen molar-refractivity contribution in [2.24, 2.45) is 0 Å². The molecule has 2 aromatic carbocycles. The van der Waals surface area contributed by atoms with E-state index in [1.54, 1.807) is 0 Å². The zero-order valence-electron chi connectivity index (χ0n) is 17.1. The molecule has 0 radical (unpaired) electrons. The van der Waals surface area contributed by atoms with E-state index in [0.717, 1.165) is 54.3 Å². The fourth-order valence-electron chi connectivity index (χ4n) is 4.31. The monoisotopic (exact) mass is 436 g/mol. The molecule has 2 atom stereocenters. The molecule has 8 heteroatoms. The summed E-state index contributed by atoms with van der Waals surface area (Å²) < 4.78 is 2.22. The van der Waals surface area contributed by atoms with E-state index in [9.17, 15) is 4.79 Å². The normalized spacial score (nSPS) is 20.8. The molecule has 1 fully saturated rings. The van der Waals surface area contributed by atoms with Crippen LogP contribution in [0.4, 0.5) is 5.69 Å². The Labute approximate surface area is 186 Å². The zero-order valence-corrected chi connectivity index (χ0v) is 17.9. The Bertz CT molecular complexity index is 1080. The van der Waals surface area contributed by atoms with E-state index < -0.39 is 0 Å². The van der Waals surface area contributed by atoms with Gasteiger partial charge in [-0.1, -0.05) is 42.3 Å². The number of nitrogens with one attached hydrogen (secondary N) is 3. The average molecular weight is 437 g/mol. The van der Waals surface area contributed by atoms with Gasteiger partial charge in [-0.25, -0.2) is 10.9 Å². The number of aryl methyl sites for hydroxylation is 1. The molecule has 2 aliphatic rings. The number of carbonyl (C=O) groups excluding carboxylic acids is 1. The highest BCUT2D eigenvalue weighted by Crippen LogP contribution is 2.27. The topological polar surface area (TPSA) is 83.9 Å². The van der Waals surface area contributed by atoms with Crippen molar-refractivity contribution in [1.82, 2.24) is 25.6 Å². The summed E-state index contributed by atoms with van der Waals surface area (Å²) in [4.78, 5) is 12.9. The predicted octanol–water partition coefficient (Wildman–Crippen LogP) is 3.87. The third kappa shape index (κ3) is 4.35. The third-order valence-corrected chi connectivity index (χ3v) is 6.24. The van der Waals surface area contributed by atoms with Gasteiger partial charge in [-0.05, 0) is 49.1 Å². The molecule has 3 heterocycles. The van der Waals surface area contributed by atoms with Gasteiger partial charge in [0.2, 0.25) is 5.91 Å². The lowest BCUT2D eigenvalue weighted by molar-refractivity contribution is -0.117. The van der Waals surface area contributed by atoms with Gasteiger partial charge >= 0.3 is 0 Å². The molecule has 1 amide bonds. The van der Waals surface area contributed by atoms with Gasteiger partial charge in [-0.3, -0.25) is 4.79 Å². The van der Waals surface area contributed by atoms with Crippen molar-refractivity contribution in [3.8, 4) is 11.4 Å². The molecule has 7 nitrogen and oxygen atoms in total. The van der Waals surface area contributed by atoms with Crippen LogP contribution >= 0.6 is 11.6 Å². The summed E-state index contributed by atoms with van der Waals surface area (Å²) in [5, 5.41) is 12.6. The SMILES string of the molecule is O=C(Nc1cccc(-c2nnc3n2CCCCC3)c1)C1CC(c2ccc(Cl)cc2)NN1. The minimum Gasteiger partial charge on any atom is -0.325 e. The zero-order chi connectivity index (χ0) is 21.2. The van der Waals surface area contributed by atoms with Crippen molar-refractivity contribution in [2.45, 2.75) is 50.7 Å². The van der Waals surface area contributed by atoms with Gasteiger partial charge < -0.3 is 9.88 Å². The van der Waals surface area contributed by atoms with E-state index in [-0.39, 0.29) is 18.0 Å². The lowest BCUT2D eigenvalue weighted by atomic mass is 10.0. The first-order chi connectivity index (χ1) is 15.2. The van der Waals surface area contributed by atoms with Crippen LogP contribution in [0.15, 0.2) is 48.5 Å². The first-order valence-electron chi connectivity index (χ1n) is 10.8. The van der Waals surface area contributed by atoms with Crippen LogP contribution < -0.4 is 16.2 Å². The Hall–Kier alpha value is -2.74. The summed E-state index contributed by atoms with van der Waals surface area (Å²) >= 11 is 5.97. The first-order valence-corrected chi connectivity index (χ1v) is 11.1. The molecule has 2 unspecified atom stereocenters. The van der Waals surface area contributed by atoms with Gasteiger partial charge in [-0.2, -0.15) is 0 Å². The number of carbonyl (C=O) groups is 1. The molecule has 0 spiro atoms. The molecular weight excluding hydrogens is 412 g/mol. The highest BCUT2D eigenvalue weighted by molar-refractivity contribution is 6.30. The van der Waals surface area contributed by atoms with E-state index in [2.05, 4.69) is 30.9 Å². The molecule has 31 heavy (non-hydrogen) atoms. The van der Waals surface area contributed by atoms with Gasteiger partial charge in [0.1, 0.15) is 11.9 Å². The summed E-state index contributed by atoms with van der Waals surface area (Å²) in [6.07, 6.45) is 5.15. The lowest BCUT2D eigenvalue weighted by Crippen LogP contribution is -2.39. The molecule has 0 saturated carbocycles. The van der Waals surface area contributed by atoms with Crippen LogP contribution in [0.25, 0.3) is 11.4 Å². The average Bonchev–Trinajstić information content (AvgIpc) is 3.37. The summed E-state index contributed by atoms with van der Waals surface area (Å²) in [6, 6.07) is 15.3. The predicted molar refractivity (Wildman–Crippen MR) is 121 cm³/mol. The lowest BCUT2D eigenvalue weighted by Gasteiger charge is -2.12. The number of anilines is 1. The van der Waals surface area contributed by atoms with E-state index in [1.165, 1.54) is 6.42 Å². The number of benzene rings is 2. The minimum atomic E-state index is -0.325. The molecular formula is C23H25ClN6O. The molecule has 0 bridgehead atoms. The van der Waals surface area contributed by atoms with Crippen molar-refractivity contribution >= 4 is 23.2 Å². The van der Waals surface area contributed by atoms with Crippen molar-refractivity contribution in [3.63, 3.8) is 0 Å². The van der Waals surface area contributed by atoms with Crippen molar-refractivity contribution in [3.05, 3.63) is 64.9 Å². The Morgan fingerprint density at radius 1 is 1.06 bits per heavy atom. The van der Waals surface area contributed by atoms with Crippen molar-refractivity contribution < 1.29 is 4.79 Å². The smallest absolute Gasteiger partial charge is 0.242 e. The van der Waals surface area contributed by atoms with Gasteiger partial charge in [0.05, 0.1) is 0 Å². The summed E-state index contributed by atoms with van der Waals surface area (Å²) in [6.45, 7) is 0.942. The number of amides is 1. The van der Waals surface area contributed by atoms with E-state index in [1.807, 2.05) is 48.5 Å². The number of hydrazine groups is 1. The number of hydrogen-bond acceptors (Lipinski definition) is 5. The van der Waals surface area contributed by atoms with Gasteiger partial charge in [0.15, 0.2) is 5.82 Å². The molecule has 3 N–H and O–H groups in total. The van der Waals surface area contributed by atoms with Crippen molar-refractivity contribution in [1.29, 1.82) is 0 Å². The molecule has 1 aromatic heterocycles. The van der Waals surface area contributed by atoms with Crippen LogP contribution in [0.1, 0.15) is 43.1 Å². The van der Waals surface area contributed by atoms with Crippen LogP contribution in [-0.2, 0) is 17.8 Å². The molecule has 160 valence electrons. The Kier molecular flexibility index (Phi) is 5.72. The summed E-state index contributed by atoms with van der Waals surface area (Å²) in [7, 11) is 0. The van der Waals surface area contributed by atoms with Gasteiger partial charge in [0, 0.05) is 35.3 Å². The number of halogens is 1. The maximum Gasteiger partial charge on any atom is 0.242 e. The van der Waals surface area contributed by atoms with E-state index in [0.29, 0.717) is 11.4 Å². The molecule has 1 saturated heterocycles. The molecule has 0 aliphatic carbocycles. The number of rotatable bonds is 4. The Morgan fingerprint density at radius 2 is 1.94 bits per heavy atom. The second-order valence-corrected chi connectivity index (χ2v) is 8.59. The molecule has 5 rings (SSSR count). The molecule has 3 aromatic rings. The van der Waals surface area contributed by atoms with Crippen LogP contribution in [0.3, 0.4) is 0 Å². The quantitative estimate of drug-likeness (QED) is 0.578. The fraction of sp³-hybridized carbons (Fsp3) is 0.348. The number of hydrogen-bond donors (Lipinski definition) is 3. The van der Waals surface area contributed by atoms with Crippen molar-refractivity contribution in [2.75, 3.05) is 5.32 Å². The van der Waals surface area contributed by atoms with Crippen LogP contribution in [-0.4, -0.2) is 26.7 Å². The second-order valence-electron chi connectivity index (χ2n) is 8.15. The molecule has 2 aliphatic heterocycles. The Morgan fingerprint density at radius 3 is 2.81 bits per heavy atom. The Balaban J connectivity index is 1.27. The summed E-state index contributed by atoms with van der Waals surface area (Å²) in [5.41, 5.74) is 9.14. The van der Waals surface area contributed by atoms with Crippen LogP contribution in [0.2, 0.25) is 5.02 Å². The van der Waals surface area contributed by atoms with E-state index in [4.69, 9.17) is 11.6 Å². The number of nitrogens with zero attached hydrogens (tertiary/aromatic N) is 3. The van der Waals surface area contributed by atoms with Crippen LogP contribution in [0, 0.1) is 0 Å². The highest BCUT2D eigenvalue weighted by atomic mass is 35.5. The first kappa shape index (κ1) is 20.2. The van der Waals surface area contributed by atoms with Gasteiger partial charge in [0.25, 0.3) is 0 Å². The van der Waals surface area contributed by atoms with E-state index >= 15 is 0 Å². The fourth-order valence-corrected chi connectivity index (χ4v) is 4.43. The summed E-state index contributed by atoms with van der Waals surface area (Å²) in [5.74, 6) is 1.86. The van der Waals surface area contributed by atoms with Gasteiger partial charge in [-0.15, -0.1) is 10.2 Å². The number of fused-ring (bicyclic) bond motifs is 1. The standard InChI is InChI=1S/C23H25ClN6O/c24-17-10-8-15(9-11-17)19-14-20(27-26-19)23(31)25-18-6-4-5-16(13-18)22-29-28-21-7-2-1-3-12-30(21)22/h4-6,8-11,13,19-20,26-27H,1-3,7,12,14H2,(H,25,31). The maximum absolute atomic E-state index is 12.9. The third-order valence-electron chi connectivity index (χ3n) is 5.99. The van der Waals surface area contributed by atoms with Crippen LogP contribution in [0.5, 0.6) is 0 Å². The second kappa shape index (κ2) is 8.78. The number of aromatic nitrogens is 3. The maximum atomic E-state index is 12.9. The largest absolute Gasteiger partial charge is 0.325 e. The minimum absolute atomic E-state index is 0.0609. The highest BCUT2D eigenvalue weighted by Gasteiger charge is 2.30.